The van der Waals surface area contributed by atoms with Crippen LogP contribution in [0.1, 0.15) is 57.9 Å². The number of ether oxygens (including phenoxy) is 2. The van der Waals surface area contributed by atoms with E-state index in [2.05, 4.69) is 10.3 Å². The van der Waals surface area contributed by atoms with Gasteiger partial charge in [-0.3, -0.25) is 14.2 Å². The van der Waals surface area contributed by atoms with Gasteiger partial charge >= 0.3 is 0 Å². The number of aryl methyl sites for hydroxylation is 1. The first-order valence-electron chi connectivity index (χ1n) is 12.8. The van der Waals surface area contributed by atoms with Crippen molar-refractivity contribution in [2.45, 2.75) is 57.8 Å². The van der Waals surface area contributed by atoms with E-state index in [1.165, 1.54) is 23.0 Å². The van der Waals surface area contributed by atoms with Gasteiger partial charge in [0.2, 0.25) is 0 Å². The molecule has 0 aliphatic carbocycles. The van der Waals surface area contributed by atoms with Crippen LogP contribution >= 0.6 is 0 Å². The molecule has 8 nitrogen and oxygen atoms in total. The van der Waals surface area contributed by atoms with E-state index in [1.54, 1.807) is 6.07 Å². The lowest BCUT2D eigenvalue weighted by Crippen LogP contribution is -2.39. The largest absolute Gasteiger partial charge is 0.389 e. The molecule has 1 unspecified atom stereocenters. The molecule has 5 rings (SSSR count). The predicted molar refractivity (Wildman–Crippen MR) is 136 cm³/mol. The second-order valence-corrected chi connectivity index (χ2v) is 9.97. The molecule has 2 N–H and O–H groups in total. The average Bonchev–Trinajstić information content (AvgIpc) is 3.41. The molecule has 2 aliphatic heterocycles. The van der Waals surface area contributed by atoms with Gasteiger partial charge in [-0.25, -0.2) is 9.37 Å². The number of aliphatic hydroxyl groups is 1. The first kappa shape index (κ1) is 25.5. The van der Waals surface area contributed by atoms with Crippen molar-refractivity contribution in [3.8, 4) is 0 Å². The van der Waals surface area contributed by atoms with Crippen LogP contribution in [0.2, 0.25) is 0 Å². The van der Waals surface area contributed by atoms with Crippen molar-refractivity contribution in [2.75, 3.05) is 26.4 Å². The first-order chi connectivity index (χ1) is 17.8. The number of halogens is 1. The number of benzene rings is 2. The van der Waals surface area contributed by atoms with Gasteiger partial charge in [-0.15, -0.1) is 0 Å². The molecule has 2 saturated heterocycles. The van der Waals surface area contributed by atoms with Crippen molar-refractivity contribution in [3.05, 3.63) is 74.6 Å². The maximum absolute atomic E-state index is 14.9. The normalized spacial score (nSPS) is 21.9. The zero-order valence-electron chi connectivity index (χ0n) is 21.1. The van der Waals surface area contributed by atoms with Crippen molar-refractivity contribution in [2.24, 2.45) is 0 Å². The molecule has 37 heavy (non-hydrogen) atoms. The molecule has 3 aromatic rings. The van der Waals surface area contributed by atoms with Gasteiger partial charge < -0.3 is 19.9 Å². The Hall–Kier alpha value is -3.14. The summed E-state index contributed by atoms with van der Waals surface area (Å²) in [5, 5.41) is 13.6. The Morgan fingerprint density at radius 2 is 2.05 bits per heavy atom. The molecule has 196 valence electrons. The van der Waals surface area contributed by atoms with Gasteiger partial charge in [0, 0.05) is 19.8 Å². The summed E-state index contributed by atoms with van der Waals surface area (Å²) in [7, 11) is 0. The predicted octanol–water partition coefficient (Wildman–Crippen LogP) is 2.97. The summed E-state index contributed by atoms with van der Waals surface area (Å²) in [4.78, 5) is 30.5. The standard InChI is InChI=1S/C28H32FN3O5/c1-16-17(2)26-22(28(35)32(15-31-26)24-7-9-36-14-25(24)33)12-19(16)10-18-5-6-21(23(29)11-18)27(34)30-13-20-4-3-8-37-20/h5-6,11-12,15,20,24-25,33H,3-4,7-10,13-14H2,1-2H3,(H,30,34)/t20?,24-,25-/m0/s1. The molecule has 1 amide bonds. The molecule has 0 radical (unpaired) electrons. The van der Waals surface area contributed by atoms with E-state index < -0.39 is 23.9 Å². The fourth-order valence-corrected chi connectivity index (χ4v) is 5.25. The highest BCUT2D eigenvalue weighted by Crippen LogP contribution is 2.26. The first-order valence-corrected chi connectivity index (χ1v) is 12.8. The zero-order chi connectivity index (χ0) is 26.1. The van der Waals surface area contributed by atoms with Crippen molar-refractivity contribution in [1.29, 1.82) is 0 Å². The molecule has 2 aromatic carbocycles. The Morgan fingerprint density at radius 1 is 1.22 bits per heavy atom. The number of aliphatic hydroxyl groups excluding tert-OH is 1. The molecule has 1 aromatic heterocycles. The van der Waals surface area contributed by atoms with Crippen LogP contribution in [0.3, 0.4) is 0 Å². The summed E-state index contributed by atoms with van der Waals surface area (Å²) in [6.45, 7) is 5.59. The Balaban J connectivity index is 1.40. The lowest BCUT2D eigenvalue weighted by atomic mass is 9.94. The minimum Gasteiger partial charge on any atom is -0.389 e. The van der Waals surface area contributed by atoms with Gasteiger partial charge in [0.05, 0.1) is 47.7 Å². The number of aromatic nitrogens is 2. The lowest BCUT2D eigenvalue weighted by Gasteiger charge is -2.29. The smallest absolute Gasteiger partial charge is 0.261 e. The van der Waals surface area contributed by atoms with Crippen LogP contribution in [0.5, 0.6) is 0 Å². The summed E-state index contributed by atoms with van der Waals surface area (Å²) in [6, 6.07) is 6.04. The molecule has 3 heterocycles. The summed E-state index contributed by atoms with van der Waals surface area (Å²) in [5.41, 5.74) is 3.83. The van der Waals surface area contributed by atoms with E-state index >= 15 is 0 Å². The average molecular weight is 510 g/mol. The highest BCUT2D eigenvalue weighted by molar-refractivity contribution is 5.94. The van der Waals surface area contributed by atoms with E-state index in [4.69, 9.17) is 9.47 Å². The van der Waals surface area contributed by atoms with Crippen LogP contribution < -0.4 is 10.9 Å². The number of hydrogen-bond acceptors (Lipinski definition) is 6. The molecular weight excluding hydrogens is 477 g/mol. The van der Waals surface area contributed by atoms with Gasteiger partial charge in [-0.1, -0.05) is 6.07 Å². The van der Waals surface area contributed by atoms with Crippen LogP contribution in [-0.4, -0.2) is 59.1 Å². The number of hydrogen-bond donors (Lipinski definition) is 2. The summed E-state index contributed by atoms with van der Waals surface area (Å²) in [6.07, 6.45) is 3.50. The molecule has 0 saturated carbocycles. The Labute approximate surface area is 214 Å². The highest BCUT2D eigenvalue weighted by atomic mass is 19.1. The van der Waals surface area contributed by atoms with Gasteiger partial charge in [0.15, 0.2) is 0 Å². The monoisotopic (exact) mass is 509 g/mol. The maximum Gasteiger partial charge on any atom is 0.261 e. The minimum atomic E-state index is -0.777. The Kier molecular flexibility index (Phi) is 7.37. The second kappa shape index (κ2) is 10.7. The van der Waals surface area contributed by atoms with Gasteiger partial charge in [0.1, 0.15) is 5.82 Å². The third-order valence-corrected chi connectivity index (χ3v) is 7.58. The molecule has 2 aliphatic rings. The number of carbonyl (C=O) groups is 1. The molecule has 9 heteroatoms. The van der Waals surface area contributed by atoms with Gasteiger partial charge in [-0.2, -0.15) is 0 Å². The number of nitrogens with one attached hydrogen (secondary N) is 1. The van der Waals surface area contributed by atoms with Gasteiger partial charge in [0.25, 0.3) is 11.5 Å². The fourth-order valence-electron chi connectivity index (χ4n) is 5.25. The number of fused-ring (bicyclic) bond motifs is 1. The minimum absolute atomic E-state index is 0.00438. The second-order valence-electron chi connectivity index (χ2n) is 9.97. The van der Waals surface area contributed by atoms with Crippen LogP contribution in [0.4, 0.5) is 4.39 Å². The molecule has 0 spiro atoms. The number of carbonyl (C=O) groups excluding carboxylic acids is 1. The fraction of sp³-hybridized carbons (Fsp3) is 0.464. The highest BCUT2D eigenvalue weighted by Gasteiger charge is 2.27. The number of nitrogens with zero attached hydrogens (tertiary/aromatic N) is 2. The SMILES string of the molecule is Cc1c(Cc2ccc(C(=O)NCC3CCCO3)c(F)c2)cc2c(=O)n([C@H]3CCOC[C@@H]3O)cnc2c1C. The zero-order valence-corrected chi connectivity index (χ0v) is 21.1. The van der Waals surface area contributed by atoms with Crippen LogP contribution in [-0.2, 0) is 15.9 Å². The van der Waals surface area contributed by atoms with Crippen molar-refractivity contribution in [1.82, 2.24) is 14.9 Å². The molecular formula is C28H32FN3O5. The number of amides is 1. The van der Waals surface area contributed by atoms with E-state index in [-0.39, 0.29) is 23.8 Å². The number of rotatable bonds is 6. The lowest BCUT2D eigenvalue weighted by molar-refractivity contribution is -0.0395. The summed E-state index contributed by atoms with van der Waals surface area (Å²) >= 11 is 0. The maximum atomic E-state index is 14.9. The Morgan fingerprint density at radius 3 is 2.78 bits per heavy atom. The third kappa shape index (κ3) is 5.16. The quantitative estimate of drug-likeness (QED) is 0.530. The van der Waals surface area contributed by atoms with Crippen LogP contribution in [0.15, 0.2) is 35.4 Å². The van der Waals surface area contributed by atoms with E-state index in [0.29, 0.717) is 49.1 Å². The van der Waals surface area contributed by atoms with Crippen molar-refractivity contribution in [3.63, 3.8) is 0 Å². The topological polar surface area (TPSA) is 103 Å². The van der Waals surface area contributed by atoms with E-state index in [9.17, 15) is 19.1 Å². The van der Waals surface area contributed by atoms with Crippen molar-refractivity contribution < 1.29 is 23.8 Å². The van der Waals surface area contributed by atoms with Gasteiger partial charge in [-0.05, 0) is 80.0 Å². The van der Waals surface area contributed by atoms with E-state index in [0.717, 1.165) is 29.5 Å². The molecule has 0 bridgehead atoms. The summed E-state index contributed by atoms with van der Waals surface area (Å²) < 4.78 is 27.2. The van der Waals surface area contributed by atoms with Crippen LogP contribution in [0, 0.1) is 19.7 Å². The van der Waals surface area contributed by atoms with E-state index in [1.807, 2.05) is 19.9 Å². The molecule has 3 atom stereocenters. The van der Waals surface area contributed by atoms with Crippen LogP contribution in [0.25, 0.3) is 10.9 Å². The van der Waals surface area contributed by atoms with Crippen molar-refractivity contribution >= 4 is 16.8 Å². The third-order valence-electron chi connectivity index (χ3n) is 7.58. The molecule has 2 fully saturated rings. The Bertz CT molecular complexity index is 1380. The summed E-state index contributed by atoms with van der Waals surface area (Å²) in [5.74, 6) is -1.05.